The summed E-state index contributed by atoms with van der Waals surface area (Å²) in [5.41, 5.74) is 3.04. The summed E-state index contributed by atoms with van der Waals surface area (Å²) < 4.78 is 6.14. The summed E-state index contributed by atoms with van der Waals surface area (Å²) in [7, 11) is 0. The zero-order chi connectivity index (χ0) is 12.4. The molecule has 0 radical (unpaired) electrons. The lowest BCUT2D eigenvalue weighted by Gasteiger charge is -2.15. The van der Waals surface area contributed by atoms with Gasteiger partial charge in [0.05, 0.1) is 0 Å². The molecule has 0 saturated heterocycles. The highest BCUT2D eigenvalue weighted by molar-refractivity contribution is 5.38. The van der Waals surface area contributed by atoms with Crippen molar-refractivity contribution in [2.45, 2.75) is 57.6 Å². The molecule has 2 aliphatic carbocycles. The molecule has 0 aliphatic heterocycles. The van der Waals surface area contributed by atoms with E-state index in [9.17, 15) is 0 Å². The Morgan fingerprint density at radius 1 is 1.22 bits per heavy atom. The van der Waals surface area contributed by atoms with Crippen LogP contribution in [0.2, 0.25) is 0 Å². The van der Waals surface area contributed by atoms with Crippen molar-refractivity contribution in [2.75, 3.05) is 6.54 Å². The van der Waals surface area contributed by atoms with Crippen LogP contribution >= 0.6 is 0 Å². The third-order valence-electron chi connectivity index (χ3n) is 4.25. The van der Waals surface area contributed by atoms with E-state index in [4.69, 9.17) is 4.74 Å². The molecule has 1 saturated carbocycles. The third kappa shape index (κ3) is 2.54. The van der Waals surface area contributed by atoms with Gasteiger partial charge in [-0.25, -0.2) is 0 Å². The first-order valence-electron chi connectivity index (χ1n) is 7.37. The summed E-state index contributed by atoms with van der Waals surface area (Å²) in [5, 5.41) is 3.52. The minimum Gasteiger partial charge on any atom is -0.490 e. The highest BCUT2D eigenvalue weighted by Crippen LogP contribution is 2.29. The Morgan fingerprint density at radius 3 is 3.00 bits per heavy atom. The minimum absolute atomic E-state index is 0.411. The molecule has 0 aromatic heterocycles. The molecule has 0 heterocycles. The number of aryl methyl sites for hydroxylation is 2. The lowest BCUT2D eigenvalue weighted by molar-refractivity contribution is 0.206. The predicted molar refractivity (Wildman–Crippen MR) is 74.2 cm³/mol. The number of ether oxygens (including phenoxy) is 1. The van der Waals surface area contributed by atoms with Crippen molar-refractivity contribution < 1.29 is 4.74 Å². The molecule has 1 fully saturated rings. The van der Waals surface area contributed by atoms with Gasteiger partial charge in [0, 0.05) is 6.04 Å². The Kier molecular flexibility index (Phi) is 3.55. The molecule has 2 nitrogen and oxygen atoms in total. The highest BCUT2D eigenvalue weighted by Gasteiger charge is 2.25. The van der Waals surface area contributed by atoms with E-state index in [0.29, 0.717) is 12.1 Å². The van der Waals surface area contributed by atoms with Crippen LogP contribution < -0.4 is 10.1 Å². The van der Waals surface area contributed by atoms with Crippen molar-refractivity contribution in [1.29, 1.82) is 0 Å². The van der Waals surface area contributed by atoms with Crippen LogP contribution in [-0.4, -0.2) is 18.7 Å². The first-order chi connectivity index (χ1) is 8.85. The molecular weight excluding hydrogens is 222 g/mol. The zero-order valence-electron chi connectivity index (χ0n) is 11.2. The van der Waals surface area contributed by atoms with Gasteiger partial charge in [0.25, 0.3) is 0 Å². The summed E-state index contributed by atoms with van der Waals surface area (Å²) in [6.07, 6.45) is 7.81. The average Bonchev–Trinajstić information content (AvgIpc) is 2.98. The molecule has 2 aliphatic rings. The van der Waals surface area contributed by atoms with Gasteiger partial charge < -0.3 is 10.1 Å². The van der Waals surface area contributed by atoms with Crippen molar-refractivity contribution in [1.82, 2.24) is 5.32 Å². The van der Waals surface area contributed by atoms with Gasteiger partial charge in [-0.05, 0) is 68.3 Å². The van der Waals surface area contributed by atoms with Crippen molar-refractivity contribution >= 4 is 0 Å². The second kappa shape index (κ2) is 5.31. The molecule has 0 spiro atoms. The normalized spacial score (nSPS) is 26.3. The van der Waals surface area contributed by atoms with E-state index in [1.807, 2.05) is 0 Å². The number of benzene rings is 1. The lowest BCUT2D eigenvalue weighted by atomic mass is 10.1. The first-order valence-corrected chi connectivity index (χ1v) is 7.37. The van der Waals surface area contributed by atoms with Crippen molar-refractivity contribution in [2.24, 2.45) is 0 Å². The molecule has 18 heavy (non-hydrogen) atoms. The van der Waals surface area contributed by atoms with E-state index in [1.54, 1.807) is 0 Å². The lowest BCUT2D eigenvalue weighted by Crippen LogP contribution is -2.27. The number of rotatable bonds is 4. The molecular formula is C16H23NO. The fraction of sp³-hybridized carbons (Fsp3) is 0.625. The van der Waals surface area contributed by atoms with Crippen LogP contribution in [0.5, 0.6) is 5.75 Å². The molecule has 1 N–H and O–H groups in total. The number of nitrogens with one attached hydrogen (secondary N) is 1. The molecule has 1 aromatic carbocycles. The Morgan fingerprint density at radius 2 is 2.11 bits per heavy atom. The van der Waals surface area contributed by atoms with Crippen LogP contribution in [0.4, 0.5) is 0 Å². The number of hydrogen-bond acceptors (Lipinski definition) is 2. The molecule has 0 bridgehead atoms. The van der Waals surface area contributed by atoms with Crippen LogP contribution in [0.15, 0.2) is 18.2 Å². The average molecular weight is 245 g/mol. The predicted octanol–water partition coefficient (Wildman–Crippen LogP) is 3.08. The smallest absolute Gasteiger partial charge is 0.120 e. The molecule has 3 rings (SSSR count). The summed E-state index contributed by atoms with van der Waals surface area (Å²) in [4.78, 5) is 0. The van der Waals surface area contributed by atoms with Crippen molar-refractivity contribution in [3.8, 4) is 5.75 Å². The highest BCUT2D eigenvalue weighted by atomic mass is 16.5. The van der Waals surface area contributed by atoms with Gasteiger partial charge in [0.15, 0.2) is 0 Å². The Hall–Kier alpha value is -1.02. The van der Waals surface area contributed by atoms with E-state index < -0.39 is 0 Å². The minimum atomic E-state index is 0.411. The largest absolute Gasteiger partial charge is 0.490 e. The van der Waals surface area contributed by atoms with E-state index in [1.165, 1.54) is 43.2 Å². The Labute approximate surface area is 110 Å². The quantitative estimate of drug-likeness (QED) is 0.880. The van der Waals surface area contributed by atoms with E-state index >= 15 is 0 Å². The van der Waals surface area contributed by atoms with Gasteiger partial charge in [-0.1, -0.05) is 13.0 Å². The van der Waals surface area contributed by atoms with E-state index in [0.717, 1.165) is 18.7 Å². The second-order valence-electron chi connectivity index (χ2n) is 5.59. The maximum Gasteiger partial charge on any atom is 0.120 e. The number of fused-ring (bicyclic) bond motifs is 1. The van der Waals surface area contributed by atoms with Crippen LogP contribution in [0.25, 0.3) is 0 Å². The summed E-state index contributed by atoms with van der Waals surface area (Å²) in [6, 6.07) is 7.34. The maximum atomic E-state index is 6.14. The second-order valence-corrected chi connectivity index (χ2v) is 5.59. The maximum absolute atomic E-state index is 6.14. The van der Waals surface area contributed by atoms with Gasteiger partial charge in [0.1, 0.15) is 11.9 Å². The SMILES string of the molecule is CCNC1CCC(Oc2ccc3c(c2)CCC3)C1. The molecule has 2 unspecified atom stereocenters. The van der Waals surface area contributed by atoms with E-state index in [-0.39, 0.29) is 0 Å². The molecule has 0 amide bonds. The monoisotopic (exact) mass is 245 g/mol. The van der Waals surface area contributed by atoms with Crippen LogP contribution in [0.1, 0.15) is 43.7 Å². The van der Waals surface area contributed by atoms with Gasteiger partial charge in [-0.2, -0.15) is 0 Å². The fourth-order valence-electron chi connectivity index (χ4n) is 3.34. The van der Waals surface area contributed by atoms with Gasteiger partial charge in [-0.3, -0.25) is 0 Å². The van der Waals surface area contributed by atoms with E-state index in [2.05, 4.69) is 30.4 Å². The third-order valence-corrected chi connectivity index (χ3v) is 4.25. The van der Waals surface area contributed by atoms with Crippen LogP contribution in [-0.2, 0) is 12.8 Å². The fourth-order valence-corrected chi connectivity index (χ4v) is 3.34. The summed E-state index contributed by atoms with van der Waals surface area (Å²) in [6.45, 7) is 3.24. The Balaban J connectivity index is 1.60. The summed E-state index contributed by atoms with van der Waals surface area (Å²) >= 11 is 0. The van der Waals surface area contributed by atoms with Crippen molar-refractivity contribution in [3.63, 3.8) is 0 Å². The molecule has 1 aromatic rings. The molecule has 2 atom stereocenters. The topological polar surface area (TPSA) is 21.3 Å². The molecule has 2 heteroatoms. The summed E-state index contributed by atoms with van der Waals surface area (Å²) in [5.74, 6) is 1.08. The van der Waals surface area contributed by atoms with Crippen LogP contribution in [0, 0.1) is 0 Å². The Bertz CT molecular complexity index is 416. The van der Waals surface area contributed by atoms with Crippen LogP contribution in [0.3, 0.4) is 0 Å². The van der Waals surface area contributed by atoms with Gasteiger partial charge in [0.2, 0.25) is 0 Å². The van der Waals surface area contributed by atoms with Gasteiger partial charge >= 0.3 is 0 Å². The standard InChI is InChI=1S/C16H23NO/c1-2-17-14-7-9-16(11-14)18-15-8-6-12-4-3-5-13(12)10-15/h6,8,10,14,16-17H,2-5,7,9,11H2,1H3. The zero-order valence-corrected chi connectivity index (χ0v) is 11.2. The van der Waals surface area contributed by atoms with Crippen molar-refractivity contribution in [3.05, 3.63) is 29.3 Å². The first kappa shape index (κ1) is 12.0. The number of hydrogen-bond donors (Lipinski definition) is 1. The molecule has 98 valence electrons. The van der Waals surface area contributed by atoms with Gasteiger partial charge in [-0.15, -0.1) is 0 Å².